The largest absolute Gasteiger partial charge is 0.480 e. The third kappa shape index (κ3) is 2.11. The molecule has 0 atom stereocenters. The molecule has 118 valence electrons. The zero-order valence-corrected chi connectivity index (χ0v) is 13.4. The molecule has 0 unspecified atom stereocenters. The van der Waals surface area contributed by atoms with E-state index in [2.05, 4.69) is 15.9 Å². The topological polar surface area (TPSA) is 96.6 Å². The van der Waals surface area contributed by atoms with Gasteiger partial charge in [0, 0.05) is 16.6 Å². The molecule has 23 heavy (non-hydrogen) atoms. The van der Waals surface area contributed by atoms with E-state index in [1.807, 2.05) is 0 Å². The summed E-state index contributed by atoms with van der Waals surface area (Å²) in [5.74, 6) is -3.13. The highest BCUT2D eigenvalue weighted by atomic mass is 79.9. The fourth-order valence-corrected chi connectivity index (χ4v) is 3.78. The van der Waals surface area contributed by atoms with Gasteiger partial charge in [-0.1, -0.05) is 30.3 Å². The van der Waals surface area contributed by atoms with E-state index < -0.39 is 17.4 Å². The maximum absolute atomic E-state index is 12.6. The van der Waals surface area contributed by atoms with Crippen molar-refractivity contribution >= 4 is 33.7 Å². The molecule has 1 aliphatic rings. The second-order valence-corrected chi connectivity index (χ2v) is 6.19. The molecule has 0 radical (unpaired) electrons. The van der Waals surface area contributed by atoms with E-state index in [1.165, 1.54) is 10.6 Å². The molecular formula is C16H12BrNO5. The van der Waals surface area contributed by atoms with E-state index >= 15 is 0 Å². The van der Waals surface area contributed by atoms with E-state index in [9.17, 15) is 24.6 Å². The Hall–Kier alpha value is -2.41. The summed E-state index contributed by atoms with van der Waals surface area (Å²) in [7, 11) is 0. The minimum absolute atomic E-state index is 0.0957. The molecule has 3 rings (SSSR count). The van der Waals surface area contributed by atoms with Crippen molar-refractivity contribution in [1.82, 2.24) is 4.57 Å². The number of ketones is 1. The van der Waals surface area contributed by atoms with Gasteiger partial charge in [0.05, 0.1) is 11.4 Å². The van der Waals surface area contributed by atoms with Crippen LogP contribution in [0.2, 0.25) is 0 Å². The van der Waals surface area contributed by atoms with Gasteiger partial charge in [0.1, 0.15) is 0 Å². The molecule has 7 heteroatoms. The number of hydrogen-bond acceptors (Lipinski definition) is 3. The summed E-state index contributed by atoms with van der Waals surface area (Å²) in [5, 5.41) is 18.9. The van der Waals surface area contributed by atoms with Crippen LogP contribution in [0, 0.1) is 0 Å². The smallest absolute Gasteiger partial charge is 0.327 e. The molecule has 2 heterocycles. The molecule has 1 aromatic carbocycles. The number of carboxylic acid groups (broad SMARTS) is 2. The van der Waals surface area contributed by atoms with E-state index in [0.717, 1.165) is 0 Å². The zero-order valence-electron chi connectivity index (χ0n) is 11.8. The predicted molar refractivity (Wildman–Crippen MR) is 83.6 cm³/mol. The summed E-state index contributed by atoms with van der Waals surface area (Å²) in [6, 6.07) is 10.1. The maximum atomic E-state index is 12.6. The van der Waals surface area contributed by atoms with Gasteiger partial charge >= 0.3 is 11.9 Å². The van der Waals surface area contributed by atoms with Crippen molar-refractivity contribution < 1.29 is 24.6 Å². The highest BCUT2D eigenvalue weighted by Crippen LogP contribution is 2.42. The molecule has 0 amide bonds. The Morgan fingerprint density at radius 2 is 1.70 bits per heavy atom. The van der Waals surface area contributed by atoms with E-state index in [1.54, 1.807) is 30.3 Å². The van der Waals surface area contributed by atoms with Crippen molar-refractivity contribution in [3.63, 3.8) is 0 Å². The Morgan fingerprint density at radius 3 is 2.26 bits per heavy atom. The normalized spacial score (nSPS) is 15.2. The Labute approximate surface area is 139 Å². The first-order chi connectivity index (χ1) is 10.9. The Kier molecular flexibility index (Phi) is 3.60. The lowest BCUT2D eigenvalue weighted by Crippen LogP contribution is -2.42. The molecule has 2 aromatic rings. The SMILES string of the molecule is O=C(c1ccccc1)c1cc(Br)c2n1CCC2(C(=O)O)C(=O)O. The highest BCUT2D eigenvalue weighted by molar-refractivity contribution is 9.10. The van der Waals surface area contributed by atoms with Gasteiger partial charge in [-0.05, 0) is 28.4 Å². The molecular weight excluding hydrogens is 366 g/mol. The molecule has 6 nitrogen and oxygen atoms in total. The fourth-order valence-electron chi connectivity index (χ4n) is 3.01. The summed E-state index contributed by atoms with van der Waals surface area (Å²) < 4.78 is 1.81. The summed E-state index contributed by atoms with van der Waals surface area (Å²) in [5.41, 5.74) is -1.18. The van der Waals surface area contributed by atoms with E-state index in [0.29, 0.717) is 10.0 Å². The fraction of sp³-hybridized carbons (Fsp3) is 0.188. The van der Waals surface area contributed by atoms with Crippen molar-refractivity contribution in [2.45, 2.75) is 18.4 Å². The second-order valence-electron chi connectivity index (χ2n) is 5.34. The number of aliphatic carboxylic acids is 2. The van der Waals surface area contributed by atoms with Crippen LogP contribution in [0.3, 0.4) is 0 Å². The predicted octanol–water partition coefficient (Wildman–Crippen LogP) is 2.29. The lowest BCUT2D eigenvalue weighted by Gasteiger charge is -2.18. The van der Waals surface area contributed by atoms with Crippen LogP contribution < -0.4 is 0 Å². The quantitative estimate of drug-likeness (QED) is 0.629. The number of hydrogen-bond donors (Lipinski definition) is 2. The number of nitrogens with zero attached hydrogens (tertiary/aromatic N) is 1. The third-order valence-electron chi connectivity index (χ3n) is 4.16. The number of carbonyl (C=O) groups excluding carboxylic acids is 1. The summed E-state index contributed by atoms with van der Waals surface area (Å²) in [6.45, 7) is 0.160. The number of fused-ring (bicyclic) bond motifs is 1. The Balaban J connectivity index is 2.17. The van der Waals surface area contributed by atoms with Crippen LogP contribution in [0.25, 0.3) is 0 Å². The first-order valence-corrected chi connectivity index (χ1v) is 7.65. The number of rotatable bonds is 4. The molecule has 1 aromatic heterocycles. The lowest BCUT2D eigenvalue weighted by atomic mass is 9.83. The third-order valence-corrected chi connectivity index (χ3v) is 4.77. The van der Waals surface area contributed by atoms with Crippen LogP contribution in [0.5, 0.6) is 0 Å². The summed E-state index contributed by atoms with van der Waals surface area (Å²) in [6.07, 6.45) is -0.0957. The second kappa shape index (κ2) is 5.34. The van der Waals surface area contributed by atoms with Crippen molar-refractivity contribution in [2.24, 2.45) is 0 Å². The van der Waals surface area contributed by atoms with Gasteiger partial charge in [-0.15, -0.1) is 0 Å². The van der Waals surface area contributed by atoms with Gasteiger partial charge in [0.25, 0.3) is 0 Å². The number of carbonyl (C=O) groups is 3. The zero-order chi connectivity index (χ0) is 16.8. The van der Waals surface area contributed by atoms with Gasteiger partial charge in [-0.3, -0.25) is 14.4 Å². The minimum atomic E-state index is -2.03. The summed E-state index contributed by atoms with van der Waals surface area (Å²) in [4.78, 5) is 35.9. The monoisotopic (exact) mass is 377 g/mol. The van der Waals surface area contributed by atoms with E-state index in [-0.39, 0.29) is 30.1 Å². The number of carboxylic acids is 2. The first kappa shape index (κ1) is 15.5. The average molecular weight is 378 g/mol. The van der Waals surface area contributed by atoms with Gasteiger partial charge in [0.2, 0.25) is 11.2 Å². The Morgan fingerprint density at radius 1 is 1.09 bits per heavy atom. The Bertz CT molecular complexity index is 810. The lowest BCUT2D eigenvalue weighted by molar-refractivity contribution is -0.157. The van der Waals surface area contributed by atoms with Crippen molar-refractivity contribution in [3.05, 3.63) is 57.8 Å². The van der Waals surface area contributed by atoms with Crippen LogP contribution in [0.4, 0.5) is 0 Å². The first-order valence-electron chi connectivity index (χ1n) is 6.85. The molecule has 0 aliphatic carbocycles. The van der Waals surface area contributed by atoms with Gasteiger partial charge in [0.15, 0.2) is 0 Å². The van der Waals surface area contributed by atoms with Crippen LogP contribution in [0.15, 0.2) is 40.9 Å². The van der Waals surface area contributed by atoms with Crippen LogP contribution in [-0.4, -0.2) is 32.5 Å². The van der Waals surface area contributed by atoms with Crippen molar-refractivity contribution in [1.29, 1.82) is 0 Å². The van der Waals surface area contributed by atoms with Crippen LogP contribution in [-0.2, 0) is 21.5 Å². The number of aromatic nitrogens is 1. The van der Waals surface area contributed by atoms with Gasteiger partial charge in [-0.2, -0.15) is 0 Å². The van der Waals surface area contributed by atoms with Gasteiger partial charge in [-0.25, -0.2) is 0 Å². The highest BCUT2D eigenvalue weighted by Gasteiger charge is 2.55. The standard InChI is InChI=1S/C16H12BrNO5/c17-10-8-11(12(19)9-4-2-1-3-5-9)18-7-6-16(13(10)18,14(20)21)15(22)23/h1-5,8H,6-7H2,(H,20,21)(H,22,23). The maximum Gasteiger partial charge on any atom is 0.327 e. The molecule has 0 saturated heterocycles. The van der Waals surface area contributed by atoms with Gasteiger partial charge < -0.3 is 14.8 Å². The number of benzene rings is 1. The van der Waals surface area contributed by atoms with Crippen molar-refractivity contribution in [3.8, 4) is 0 Å². The molecule has 0 spiro atoms. The van der Waals surface area contributed by atoms with Crippen molar-refractivity contribution in [2.75, 3.05) is 0 Å². The molecule has 0 fully saturated rings. The molecule has 1 aliphatic heterocycles. The van der Waals surface area contributed by atoms with E-state index in [4.69, 9.17) is 0 Å². The average Bonchev–Trinajstić information content (AvgIpc) is 3.07. The molecule has 0 saturated carbocycles. The van der Waals surface area contributed by atoms with Crippen LogP contribution >= 0.6 is 15.9 Å². The summed E-state index contributed by atoms with van der Waals surface area (Å²) >= 11 is 3.22. The minimum Gasteiger partial charge on any atom is -0.480 e. The molecule has 0 bridgehead atoms. The number of halogens is 1. The molecule has 2 N–H and O–H groups in total. The van der Waals surface area contributed by atoms with Crippen LogP contribution in [0.1, 0.15) is 28.2 Å².